The van der Waals surface area contributed by atoms with Crippen molar-refractivity contribution < 1.29 is 14.5 Å². The van der Waals surface area contributed by atoms with Crippen LogP contribution in [0.5, 0.6) is 0 Å². The minimum Gasteiger partial charge on any atom is -0.444 e. The molecule has 1 aliphatic rings. The lowest BCUT2D eigenvalue weighted by atomic mass is 10.1. The number of nitrogens with zero attached hydrogens (tertiary/aromatic N) is 4. The van der Waals surface area contributed by atoms with Crippen molar-refractivity contribution in [2.45, 2.75) is 26.4 Å². The number of nitro groups is 1. The molecule has 1 aromatic rings. The van der Waals surface area contributed by atoms with Crippen molar-refractivity contribution in [3.8, 4) is 0 Å². The van der Waals surface area contributed by atoms with Gasteiger partial charge in [0.05, 0.1) is 10.5 Å². The molecular formula is C19H28N4O4. The van der Waals surface area contributed by atoms with Crippen molar-refractivity contribution in [3.63, 3.8) is 0 Å². The summed E-state index contributed by atoms with van der Waals surface area (Å²) in [6.07, 6.45) is 3.21. The Morgan fingerprint density at radius 3 is 2.37 bits per heavy atom. The van der Waals surface area contributed by atoms with Crippen LogP contribution in [-0.2, 0) is 4.74 Å². The SMILES string of the molecule is CN(C)/C=C/c1cc(N2CCN(C(=O)OC(C)(C)C)CC2)ccc1[N+](=O)[O-]. The predicted octanol–water partition coefficient (Wildman–Crippen LogP) is 3.18. The molecule has 1 aliphatic heterocycles. The van der Waals surface area contributed by atoms with Crippen molar-refractivity contribution in [1.82, 2.24) is 9.80 Å². The predicted molar refractivity (Wildman–Crippen MR) is 106 cm³/mol. The van der Waals surface area contributed by atoms with E-state index in [0.717, 1.165) is 5.69 Å². The Morgan fingerprint density at radius 1 is 1.22 bits per heavy atom. The molecule has 1 saturated heterocycles. The number of rotatable bonds is 4. The van der Waals surface area contributed by atoms with Gasteiger partial charge in [-0.3, -0.25) is 10.1 Å². The van der Waals surface area contributed by atoms with Gasteiger partial charge in [0.15, 0.2) is 0 Å². The maximum absolute atomic E-state index is 12.2. The van der Waals surface area contributed by atoms with E-state index in [4.69, 9.17) is 4.74 Å². The van der Waals surface area contributed by atoms with Gasteiger partial charge in [-0.25, -0.2) is 4.79 Å². The molecule has 0 unspecified atom stereocenters. The monoisotopic (exact) mass is 376 g/mol. The Kier molecular flexibility index (Phi) is 6.30. The second-order valence-corrected chi connectivity index (χ2v) is 7.73. The summed E-state index contributed by atoms with van der Waals surface area (Å²) in [6, 6.07) is 5.11. The zero-order valence-electron chi connectivity index (χ0n) is 16.6. The molecule has 0 N–H and O–H groups in total. The maximum atomic E-state index is 12.2. The first-order chi connectivity index (χ1) is 12.6. The summed E-state index contributed by atoms with van der Waals surface area (Å²) in [4.78, 5) is 28.7. The molecule has 1 heterocycles. The van der Waals surface area contributed by atoms with E-state index in [1.165, 1.54) is 6.07 Å². The van der Waals surface area contributed by atoms with Crippen molar-refractivity contribution in [2.24, 2.45) is 0 Å². The fourth-order valence-electron chi connectivity index (χ4n) is 2.74. The molecule has 0 atom stereocenters. The van der Waals surface area contributed by atoms with E-state index in [2.05, 4.69) is 4.90 Å². The van der Waals surface area contributed by atoms with E-state index in [9.17, 15) is 14.9 Å². The van der Waals surface area contributed by atoms with Gasteiger partial charge in [0.2, 0.25) is 0 Å². The summed E-state index contributed by atoms with van der Waals surface area (Å²) in [5, 5.41) is 11.3. The molecule has 1 fully saturated rings. The standard InChI is InChI=1S/C19H28N4O4/c1-19(2,3)27-18(24)22-12-10-21(11-13-22)16-6-7-17(23(25)26)15(14-16)8-9-20(4)5/h6-9,14H,10-13H2,1-5H3/b9-8+. The highest BCUT2D eigenvalue weighted by atomic mass is 16.6. The zero-order valence-corrected chi connectivity index (χ0v) is 16.6. The van der Waals surface area contributed by atoms with Crippen molar-refractivity contribution in [3.05, 3.63) is 40.1 Å². The minimum absolute atomic E-state index is 0.0734. The third-order valence-electron chi connectivity index (χ3n) is 4.06. The van der Waals surface area contributed by atoms with E-state index in [1.807, 2.05) is 45.8 Å². The Bertz CT molecular complexity index is 717. The van der Waals surface area contributed by atoms with Crippen molar-refractivity contribution in [1.29, 1.82) is 0 Å². The number of hydrogen-bond acceptors (Lipinski definition) is 6. The van der Waals surface area contributed by atoms with E-state index in [1.54, 1.807) is 23.2 Å². The van der Waals surface area contributed by atoms with E-state index in [-0.39, 0.29) is 16.7 Å². The quantitative estimate of drug-likeness (QED) is 0.593. The highest BCUT2D eigenvalue weighted by molar-refractivity contribution is 5.70. The average molecular weight is 376 g/mol. The third-order valence-corrected chi connectivity index (χ3v) is 4.06. The number of carbonyl (C=O) groups excluding carboxylic acids is 1. The topological polar surface area (TPSA) is 79.2 Å². The van der Waals surface area contributed by atoms with Crippen LogP contribution in [-0.4, -0.2) is 66.7 Å². The molecule has 0 spiro atoms. The number of nitro benzene ring substituents is 1. The summed E-state index contributed by atoms with van der Waals surface area (Å²) in [5.74, 6) is 0. The maximum Gasteiger partial charge on any atom is 0.410 e. The smallest absolute Gasteiger partial charge is 0.410 e. The Labute approximate surface area is 160 Å². The lowest BCUT2D eigenvalue weighted by Gasteiger charge is -2.36. The molecule has 8 nitrogen and oxygen atoms in total. The molecule has 2 rings (SSSR count). The zero-order chi connectivity index (χ0) is 20.2. The fraction of sp³-hybridized carbons (Fsp3) is 0.526. The Morgan fingerprint density at radius 2 is 1.85 bits per heavy atom. The van der Waals surface area contributed by atoms with E-state index in [0.29, 0.717) is 31.7 Å². The summed E-state index contributed by atoms with van der Waals surface area (Å²) in [5.41, 5.74) is 1.02. The second kappa shape index (κ2) is 8.28. The van der Waals surface area contributed by atoms with Crippen LogP contribution < -0.4 is 4.90 Å². The van der Waals surface area contributed by atoms with Gasteiger partial charge < -0.3 is 19.4 Å². The van der Waals surface area contributed by atoms with Crippen LogP contribution in [0, 0.1) is 10.1 Å². The van der Waals surface area contributed by atoms with Crippen molar-refractivity contribution in [2.75, 3.05) is 45.2 Å². The minimum atomic E-state index is -0.514. The largest absolute Gasteiger partial charge is 0.444 e. The van der Waals surface area contributed by atoms with Crippen LogP contribution in [0.3, 0.4) is 0 Å². The van der Waals surface area contributed by atoms with Gasteiger partial charge in [-0.1, -0.05) is 0 Å². The molecule has 8 heteroatoms. The van der Waals surface area contributed by atoms with Gasteiger partial charge in [0, 0.05) is 52.0 Å². The second-order valence-electron chi connectivity index (χ2n) is 7.73. The lowest BCUT2D eigenvalue weighted by molar-refractivity contribution is -0.385. The Hall–Kier alpha value is -2.77. The van der Waals surface area contributed by atoms with Crippen LogP contribution in [0.1, 0.15) is 26.3 Å². The summed E-state index contributed by atoms with van der Waals surface area (Å²) in [6.45, 7) is 7.94. The molecule has 148 valence electrons. The summed E-state index contributed by atoms with van der Waals surface area (Å²) < 4.78 is 5.41. The number of benzene rings is 1. The van der Waals surface area contributed by atoms with Gasteiger partial charge in [-0.15, -0.1) is 0 Å². The fourth-order valence-corrected chi connectivity index (χ4v) is 2.74. The number of carbonyl (C=O) groups is 1. The number of piperazine rings is 1. The van der Waals surface area contributed by atoms with Crippen LogP contribution >= 0.6 is 0 Å². The van der Waals surface area contributed by atoms with Gasteiger partial charge in [-0.2, -0.15) is 0 Å². The van der Waals surface area contributed by atoms with Gasteiger partial charge in [0.1, 0.15) is 5.60 Å². The molecule has 0 aliphatic carbocycles. The highest BCUT2D eigenvalue weighted by Crippen LogP contribution is 2.27. The van der Waals surface area contributed by atoms with Gasteiger partial charge >= 0.3 is 6.09 Å². The molecule has 0 saturated carbocycles. The number of ether oxygens (including phenoxy) is 1. The molecule has 27 heavy (non-hydrogen) atoms. The van der Waals surface area contributed by atoms with Gasteiger partial charge in [0.25, 0.3) is 5.69 Å². The molecule has 0 bridgehead atoms. The number of anilines is 1. The van der Waals surface area contributed by atoms with E-state index >= 15 is 0 Å². The molecule has 1 amide bonds. The normalized spacial score (nSPS) is 15.1. The average Bonchev–Trinajstić information content (AvgIpc) is 2.58. The van der Waals surface area contributed by atoms with Crippen LogP contribution in [0.15, 0.2) is 24.4 Å². The first kappa shape index (κ1) is 20.5. The summed E-state index contributed by atoms with van der Waals surface area (Å²) in [7, 11) is 3.73. The lowest BCUT2D eigenvalue weighted by Crippen LogP contribution is -2.50. The first-order valence-corrected chi connectivity index (χ1v) is 8.93. The number of amides is 1. The molecule has 0 radical (unpaired) electrons. The summed E-state index contributed by atoms with van der Waals surface area (Å²) >= 11 is 0. The molecular weight excluding hydrogens is 348 g/mol. The van der Waals surface area contributed by atoms with Crippen LogP contribution in [0.4, 0.5) is 16.2 Å². The molecule has 0 aromatic heterocycles. The third kappa shape index (κ3) is 5.87. The van der Waals surface area contributed by atoms with Crippen LogP contribution in [0.2, 0.25) is 0 Å². The first-order valence-electron chi connectivity index (χ1n) is 8.93. The number of hydrogen-bond donors (Lipinski definition) is 0. The highest BCUT2D eigenvalue weighted by Gasteiger charge is 2.26. The van der Waals surface area contributed by atoms with E-state index < -0.39 is 5.60 Å². The van der Waals surface area contributed by atoms with Gasteiger partial charge in [-0.05, 0) is 45.2 Å². The van der Waals surface area contributed by atoms with Crippen molar-refractivity contribution >= 4 is 23.5 Å². The van der Waals surface area contributed by atoms with Crippen LogP contribution in [0.25, 0.3) is 6.08 Å². The molecule has 1 aromatic carbocycles. The Balaban J connectivity index is 2.10.